The van der Waals surface area contributed by atoms with Crippen molar-refractivity contribution in [1.82, 2.24) is 0 Å². The zero-order valence-electron chi connectivity index (χ0n) is 32.2. The van der Waals surface area contributed by atoms with E-state index in [0.29, 0.717) is 0 Å². The van der Waals surface area contributed by atoms with Crippen LogP contribution in [0.25, 0.3) is 0 Å². The van der Waals surface area contributed by atoms with E-state index in [1.165, 1.54) is 97.1 Å². The predicted molar refractivity (Wildman–Crippen MR) is 205 cm³/mol. The van der Waals surface area contributed by atoms with Gasteiger partial charge in [0.1, 0.15) is 73.8 Å². The van der Waals surface area contributed by atoms with Gasteiger partial charge in [-0.25, -0.2) is 19.2 Å². The van der Waals surface area contributed by atoms with Gasteiger partial charge in [-0.3, -0.25) is 0 Å². The molecule has 20 heteroatoms. The number of carbonyl (C=O) groups is 4. The lowest BCUT2D eigenvalue weighted by Gasteiger charge is -2.32. The molecule has 0 aliphatic carbocycles. The van der Waals surface area contributed by atoms with Crippen LogP contribution in [0.3, 0.4) is 0 Å². The molecule has 0 aliphatic heterocycles. The van der Waals surface area contributed by atoms with Crippen molar-refractivity contribution in [2.24, 2.45) is 0 Å². The van der Waals surface area contributed by atoms with Gasteiger partial charge in [0.15, 0.2) is 0 Å². The predicted octanol–water partition coefficient (Wildman–Crippen LogP) is -0.0463. The van der Waals surface area contributed by atoms with E-state index in [4.69, 9.17) is 58.3 Å². The number of carbonyl (C=O) groups excluding carboxylic acids is 4. The van der Waals surface area contributed by atoms with E-state index >= 15 is 0 Å². The first-order valence-electron chi connectivity index (χ1n) is 18.3. The molecule has 4 unspecified atom stereocenters. The van der Waals surface area contributed by atoms with Crippen LogP contribution in [0.1, 0.15) is 41.4 Å². The molecule has 0 saturated carbocycles. The van der Waals surface area contributed by atoms with Gasteiger partial charge in [0.2, 0.25) is 0 Å². The highest BCUT2D eigenvalue weighted by atomic mass is 17.0. The molecule has 20 nitrogen and oxygen atoms in total. The second kappa shape index (κ2) is 23.4. The van der Waals surface area contributed by atoms with Crippen LogP contribution in [0.4, 0.5) is 0 Å². The highest BCUT2D eigenvalue weighted by molar-refractivity contribution is 5.91. The highest BCUT2D eigenvalue weighted by Crippen LogP contribution is 2.31. The van der Waals surface area contributed by atoms with Gasteiger partial charge < -0.3 is 78.7 Å². The van der Waals surface area contributed by atoms with Crippen molar-refractivity contribution in [3.8, 4) is 23.0 Å². The Bertz CT molecular complexity index is 1690. The summed E-state index contributed by atoms with van der Waals surface area (Å²) in [4.78, 5) is 50.3. The first kappa shape index (κ1) is 47.3. The molecular weight excluding hydrogens is 812 g/mol. The van der Waals surface area contributed by atoms with Crippen LogP contribution in [-0.4, -0.2) is 148 Å². The molecule has 4 aromatic rings. The summed E-state index contributed by atoms with van der Waals surface area (Å²) in [7, 11) is 0. The number of aliphatic hydroxyl groups excluding tert-OH is 8. The maximum Gasteiger partial charge on any atom is 0.611 e. The molecule has 0 radical (unpaired) electrons. The number of esters is 4. The molecular formula is C41H44O20. The summed E-state index contributed by atoms with van der Waals surface area (Å²) in [5, 5.41) is 74.4. The molecule has 0 saturated heterocycles. The average molecular weight is 857 g/mol. The van der Waals surface area contributed by atoms with E-state index in [0.717, 1.165) is 0 Å². The molecule has 328 valence electrons. The Balaban J connectivity index is 1.73. The number of hydrogen-bond acceptors (Lipinski definition) is 20. The van der Waals surface area contributed by atoms with Gasteiger partial charge >= 0.3 is 30.0 Å². The van der Waals surface area contributed by atoms with Gasteiger partial charge in [-0.15, -0.1) is 0 Å². The number of hydrogen-bond donors (Lipinski definition) is 8. The van der Waals surface area contributed by atoms with Gasteiger partial charge in [0.25, 0.3) is 0 Å². The molecule has 0 bridgehead atoms. The Morgan fingerprint density at radius 1 is 0.361 bits per heavy atom. The Hall–Kier alpha value is -6.36. The van der Waals surface area contributed by atoms with E-state index in [9.17, 15) is 39.6 Å². The van der Waals surface area contributed by atoms with E-state index in [2.05, 4.69) is 0 Å². The summed E-state index contributed by atoms with van der Waals surface area (Å²) < 4.78 is 44.8. The van der Waals surface area contributed by atoms with Crippen molar-refractivity contribution in [2.75, 3.05) is 52.9 Å². The molecule has 0 spiro atoms. The third-order valence-corrected chi connectivity index (χ3v) is 7.80. The summed E-state index contributed by atoms with van der Waals surface area (Å²) in [5.74, 6) is -3.58. The molecule has 0 aliphatic rings. The molecule has 4 aromatic carbocycles. The smallest absolute Gasteiger partial charge is 0.459 e. The fourth-order valence-electron chi connectivity index (χ4n) is 4.57. The van der Waals surface area contributed by atoms with Crippen molar-refractivity contribution in [3.05, 3.63) is 119 Å². The third-order valence-electron chi connectivity index (χ3n) is 7.80. The van der Waals surface area contributed by atoms with Crippen LogP contribution in [0, 0.1) is 0 Å². The second-order valence-corrected chi connectivity index (χ2v) is 12.7. The lowest BCUT2D eigenvalue weighted by molar-refractivity contribution is -0.367. The number of ether oxygens (including phenoxy) is 8. The van der Waals surface area contributed by atoms with Crippen LogP contribution in [0.15, 0.2) is 97.1 Å². The summed E-state index contributed by atoms with van der Waals surface area (Å²) in [5.41, 5.74) is 0.0659. The van der Waals surface area contributed by atoms with E-state index < -0.39 is 107 Å². The van der Waals surface area contributed by atoms with Crippen molar-refractivity contribution < 1.29 is 97.9 Å². The molecule has 0 aromatic heterocycles. The minimum absolute atomic E-state index is 0.0165. The van der Waals surface area contributed by atoms with E-state index in [1.807, 2.05) is 0 Å². The molecule has 0 heterocycles. The molecule has 0 amide bonds. The summed E-state index contributed by atoms with van der Waals surface area (Å²) in [6.45, 7) is -4.43. The molecule has 4 rings (SSSR count). The summed E-state index contributed by atoms with van der Waals surface area (Å²) in [6, 6.07) is 20.8. The van der Waals surface area contributed by atoms with Gasteiger partial charge in [0.05, 0.1) is 48.7 Å². The van der Waals surface area contributed by atoms with Gasteiger partial charge in [-0.2, -0.15) is 0 Å². The minimum atomic E-state index is -2.69. The van der Waals surface area contributed by atoms with Crippen LogP contribution in [0.5, 0.6) is 23.0 Å². The molecule has 8 N–H and O–H groups in total. The summed E-state index contributed by atoms with van der Waals surface area (Å²) >= 11 is 0. The van der Waals surface area contributed by atoms with E-state index in [1.54, 1.807) is 0 Å². The van der Waals surface area contributed by atoms with Gasteiger partial charge in [-0.05, 0) is 97.1 Å². The number of aliphatic hydroxyl groups is 8. The SMILES string of the molecule is O=C(OCC(O)CO)c1ccc(OC(Oc2ccc(C(=O)OCC(O)CO)cc2)(Oc2ccc(C(=O)OCC(O)CO)cc2)Oc2ccc(C(=O)OCC(O)CO)cc2)cc1. The van der Waals surface area contributed by atoms with Crippen molar-refractivity contribution in [1.29, 1.82) is 0 Å². The van der Waals surface area contributed by atoms with Crippen molar-refractivity contribution in [3.63, 3.8) is 0 Å². The molecule has 4 atom stereocenters. The highest BCUT2D eigenvalue weighted by Gasteiger charge is 2.44. The summed E-state index contributed by atoms with van der Waals surface area (Å²) in [6.07, 6.45) is -7.88. The maximum atomic E-state index is 12.6. The fraction of sp³-hybridized carbons (Fsp3) is 0.317. The average Bonchev–Trinajstić information content (AvgIpc) is 3.28. The van der Waals surface area contributed by atoms with Crippen molar-refractivity contribution >= 4 is 23.9 Å². The Kier molecular flexibility index (Phi) is 18.2. The molecule has 0 fully saturated rings. The van der Waals surface area contributed by atoms with E-state index in [-0.39, 0.29) is 45.3 Å². The first-order valence-corrected chi connectivity index (χ1v) is 18.3. The lowest BCUT2D eigenvalue weighted by atomic mass is 10.2. The Morgan fingerprint density at radius 3 is 0.705 bits per heavy atom. The van der Waals surface area contributed by atoms with Crippen LogP contribution < -0.4 is 18.9 Å². The number of rotatable bonds is 24. The quantitative estimate of drug-likeness (QED) is 0.0260. The maximum absolute atomic E-state index is 12.6. The zero-order chi connectivity index (χ0) is 44.4. The normalized spacial score (nSPS) is 13.9. The Morgan fingerprint density at radius 2 is 0.541 bits per heavy atom. The number of benzene rings is 4. The van der Waals surface area contributed by atoms with Crippen molar-refractivity contribution in [2.45, 2.75) is 30.6 Å². The van der Waals surface area contributed by atoms with Gasteiger partial charge in [-0.1, -0.05) is 0 Å². The van der Waals surface area contributed by atoms with Crippen LogP contribution >= 0.6 is 0 Å². The fourth-order valence-corrected chi connectivity index (χ4v) is 4.57. The molecule has 61 heavy (non-hydrogen) atoms. The van der Waals surface area contributed by atoms with Gasteiger partial charge in [0, 0.05) is 0 Å². The van der Waals surface area contributed by atoms with Crippen LogP contribution in [0.2, 0.25) is 0 Å². The Labute approximate surface area is 347 Å². The van der Waals surface area contributed by atoms with Crippen LogP contribution in [-0.2, 0) is 18.9 Å². The lowest BCUT2D eigenvalue weighted by Crippen LogP contribution is -2.53. The minimum Gasteiger partial charge on any atom is -0.459 e. The zero-order valence-corrected chi connectivity index (χ0v) is 32.2. The largest absolute Gasteiger partial charge is 0.611 e. The third kappa shape index (κ3) is 15.0. The monoisotopic (exact) mass is 856 g/mol. The first-order chi connectivity index (χ1) is 29.3. The topological polar surface area (TPSA) is 304 Å². The standard InChI is InChI=1S/C41H44O20/c42-17-29(46)21-54-37(50)25-1-9-33(10-2-25)58-41(59-34-11-3-26(4-12-34)38(51)55-22-30(47)18-43,60-35-13-5-27(6-14-35)39(52)56-23-31(48)19-44)61-36-15-7-28(8-16-36)40(53)57-24-32(49)20-45/h1-16,29-32,42-49H,17-24H2. The second-order valence-electron chi connectivity index (χ2n) is 12.7.